The van der Waals surface area contributed by atoms with Gasteiger partial charge in [-0.2, -0.15) is 4.31 Å². The molecule has 1 aliphatic heterocycles. The molecule has 26 heavy (non-hydrogen) atoms. The Balaban J connectivity index is 0.000000187. The zero-order valence-electron chi connectivity index (χ0n) is 14.3. The molecule has 1 aliphatic rings. The highest BCUT2D eigenvalue weighted by Gasteiger charge is 2.32. The van der Waals surface area contributed by atoms with E-state index >= 15 is 0 Å². The van der Waals surface area contributed by atoms with Crippen molar-refractivity contribution in [2.24, 2.45) is 0 Å². The van der Waals surface area contributed by atoms with Crippen LogP contribution in [0.2, 0.25) is 0 Å². The third-order valence-electron chi connectivity index (χ3n) is 3.86. The van der Waals surface area contributed by atoms with Crippen LogP contribution < -0.4 is 0 Å². The average Bonchev–Trinajstić information content (AvgIpc) is 3.41. The van der Waals surface area contributed by atoms with Gasteiger partial charge < -0.3 is 10.2 Å². The van der Waals surface area contributed by atoms with Crippen LogP contribution in [-0.4, -0.2) is 48.0 Å². The van der Waals surface area contributed by atoms with Gasteiger partial charge in [-0.3, -0.25) is 0 Å². The van der Waals surface area contributed by atoms with Crippen LogP contribution in [0.5, 0.6) is 0 Å². The quantitative estimate of drug-likeness (QED) is 0.791. The molecule has 0 radical (unpaired) electrons. The minimum Gasteiger partial charge on any atom is -0.478 e. The molecule has 0 unspecified atom stereocenters. The Kier molecular flexibility index (Phi) is 5.79. The molecule has 138 valence electrons. The van der Waals surface area contributed by atoms with Crippen molar-refractivity contribution in [3.63, 3.8) is 0 Å². The van der Waals surface area contributed by atoms with E-state index in [0.717, 1.165) is 5.56 Å². The maximum atomic E-state index is 11.6. The summed E-state index contributed by atoms with van der Waals surface area (Å²) >= 11 is 0. The van der Waals surface area contributed by atoms with Crippen molar-refractivity contribution in [1.29, 1.82) is 0 Å². The molecule has 7 nitrogen and oxygen atoms in total. The maximum Gasteiger partial charge on any atom is 0.335 e. The highest BCUT2D eigenvalue weighted by Crippen LogP contribution is 2.21. The molecule has 0 aliphatic carbocycles. The van der Waals surface area contributed by atoms with Gasteiger partial charge in [-0.15, -0.1) is 0 Å². The number of sulfonamides is 1. The predicted molar refractivity (Wildman–Crippen MR) is 95.0 cm³/mol. The number of rotatable bonds is 4. The maximum absolute atomic E-state index is 11.6. The first-order chi connectivity index (χ1) is 12.1. The summed E-state index contributed by atoms with van der Waals surface area (Å²) in [6.07, 6.45) is 0. The standard InChI is InChI=1S/C9H11NO2S.C9H8O4/c1-8-2-4-9(5-3-8)13(11,12)10-6-7-10;1-5-6(8(10)11)3-2-4-7(5)9(12)13/h2-5H,6-7H2,1H3;2-4H,1H3,(H,10,11)(H,12,13). The predicted octanol–water partition coefficient (Wildman–Crippen LogP) is 2.39. The molecule has 1 fully saturated rings. The van der Waals surface area contributed by atoms with Crippen LogP contribution >= 0.6 is 0 Å². The third kappa shape index (κ3) is 4.47. The van der Waals surface area contributed by atoms with E-state index < -0.39 is 22.0 Å². The van der Waals surface area contributed by atoms with Gasteiger partial charge >= 0.3 is 11.9 Å². The first-order valence-electron chi connectivity index (χ1n) is 7.77. The summed E-state index contributed by atoms with van der Waals surface area (Å²) in [4.78, 5) is 21.6. The van der Waals surface area contributed by atoms with Crippen LogP contribution in [0, 0.1) is 13.8 Å². The number of nitrogens with zero attached hydrogens (tertiary/aromatic N) is 1. The Bertz CT molecular complexity index is 898. The van der Waals surface area contributed by atoms with Crippen LogP contribution in [0.3, 0.4) is 0 Å². The molecule has 0 aromatic heterocycles. The fourth-order valence-electron chi connectivity index (χ4n) is 2.24. The van der Waals surface area contributed by atoms with Gasteiger partial charge in [-0.05, 0) is 43.7 Å². The minimum atomic E-state index is -3.15. The lowest BCUT2D eigenvalue weighted by atomic mass is 10.0. The fourth-order valence-corrected chi connectivity index (χ4v) is 3.58. The van der Waals surface area contributed by atoms with E-state index in [1.54, 1.807) is 12.1 Å². The van der Waals surface area contributed by atoms with Crippen molar-refractivity contribution in [1.82, 2.24) is 4.31 Å². The van der Waals surface area contributed by atoms with Crippen LogP contribution in [-0.2, 0) is 10.0 Å². The first kappa shape index (κ1) is 19.6. The Labute approximate surface area is 151 Å². The lowest BCUT2D eigenvalue weighted by Gasteiger charge is -2.03. The number of carbonyl (C=O) groups is 2. The van der Waals surface area contributed by atoms with E-state index in [4.69, 9.17) is 10.2 Å². The van der Waals surface area contributed by atoms with Crippen LogP contribution in [0.4, 0.5) is 0 Å². The zero-order chi connectivity index (χ0) is 19.5. The molecule has 2 N–H and O–H groups in total. The largest absolute Gasteiger partial charge is 0.478 e. The Morgan fingerprint density at radius 3 is 1.73 bits per heavy atom. The van der Waals surface area contributed by atoms with E-state index in [-0.39, 0.29) is 16.7 Å². The van der Waals surface area contributed by atoms with Crippen molar-refractivity contribution in [3.8, 4) is 0 Å². The van der Waals surface area contributed by atoms with Crippen LogP contribution in [0.1, 0.15) is 31.8 Å². The molecule has 0 atom stereocenters. The third-order valence-corrected chi connectivity index (χ3v) is 5.77. The van der Waals surface area contributed by atoms with Crippen molar-refractivity contribution in [3.05, 3.63) is 64.7 Å². The van der Waals surface area contributed by atoms with Gasteiger partial charge in [0.05, 0.1) is 16.0 Å². The molecule has 2 aromatic carbocycles. The van der Waals surface area contributed by atoms with Crippen molar-refractivity contribution in [2.75, 3.05) is 13.1 Å². The number of aromatic carboxylic acids is 2. The summed E-state index contributed by atoms with van der Waals surface area (Å²) in [6.45, 7) is 4.74. The number of benzene rings is 2. The second-order valence-corrected chi connectivity index (χ2v) is 7.74. The Morgan fingerprint density at radius 1 is 0.885 bits per heavy atom. The van der Waals surface area contributed by atoms with Gasteiger partial charge in [0.15, 0.2) is 0 Å². The number of hydrogen-bond acceptors (Lipinski definition) is 4. The van der Waals surface area contributed by atoms with Crippen LogP contribution in [0.15, 0.2) is 47.4 Å². The molecule has 0 saturated carbocycles. The summed E-state index contributed by atoms with van der Waals surface area (Å²) in [5, 5.41) is 17.4. The molecule has 1 heterocycles. The van der Waals surface area contributed by atoms with Crippen molar-refractivity contribution >= 4 is 22.0 Å². The Hall–Kier alpha value is -2.71. The number of carboxylic acid groups (broad SMARTS) is 2. The molecular formula is C18H19NO6S. The molecular weight excluding hydrogens is 358 g/mol. The summed E-state index contributed by atoms with van der Waals surface area (Å²) in [5.74, 6) is -2.22. The molecule has 1 saturated heterocycles. The van der Waals surface area contributed by atoms with E-state index in [1.165, 1.54) is 29.4 Å². The number of aryl methyl sites for hydroxylation is 1. The van der Waals surface area contributed by atoms with Crippen LogP contribution in [0.25, 0.3) is 0 Å². The molecule has 0 amide bonds. The lowest BCUT2D eigenvalue weighted by molar-refractivity contribution is 0.0696. The molecule has 0 bridgehead atoms. The second-order valence-electron chi connectivity index (χ2n) is 5.81. The summed E-state index contributed by atoms with van der Waals surface area (Å²) in [7, 11) is -3.15. The van der Waals surface area contributed by atoms with Gasteiger partial charge in [0.1, 0.15) is 0 Å². The first-order valence-corrected chi connectivity index (χ1v) is 9.21. The SMILES string of the molecule is Cc1c(C(=O)O)cccc1C(=O)O.Cc1ccc(S(=O)(=O)N2CC2)cc1. The van der Waals surface area contributed by atoms with E-state index in [9.17, 15) is 18.0 Å². The highest BCUT2D eigenvalue weighted by atomic mass is 32.2. The molecule has 3 rings (SSSR count). The topological polar surface area (TPSA) is 112 Å². The fraction of sp³-hybridized carbons (Fsp3) is 0.222. The van der Waals surface area contributed by atoms with E-state index in [1.807, 2.05) is 19.1 Å². The lowest BCUT2D eigenvalue weighted by Crippen LogP contribution is -2.11. The van der Waals surface area contributed by atoms with Crippen molar-refractivity contribution < 1.29 is 28.2 Å². The smallest absolute Gasteiger partial charge is 0.335 e. The summed E-state index contributed by atoms with van der Waals surface area (Å²) in [6, 6.07) is 11.1. The van der Waals surface area contributed by atoms with Gasteiger partial charge in [0.25, 0.3) is 0 Å². The minimum absolute atomic E-state index is 0.0277. The van der Waals surface area contributed by atoms with Gasteiger partial charge in [-0.1, -0.05) is 23.8 Å². The number of hydrogen-bond donors (Lipinski definition) is 2. The Morgan fingerprint density at radius 2 is 1.35 bits per heavy atom. The van der Waals surface area contributed by atoms with Crippen molar-refractivity contribution in [2.45, 2.75) is 18.7 Å². The highest BCUT2D eigenvalue weighted by molar-refractivity contribution is 7.89. The normalized spacial score (nSPS) is 13.5. The zero-order valence-corrected chi connectivity index (χ0v) is 15.2. The molecule has 0 spiro atoms. The molecule has 2 aromatic rings. The summed E-state index contributed by atoms with van der Waals surface area (Å²) in [5.41, 5.74) is 1.41. The summed E-state index contributed by atoms with van der Waals surface area (Å²) < 4.78 is 24.7. The van der Waals surface area contributed by atoms with Gasteiger partial charge in [-0.25, -0.2) is 18.0 Å². The van der Waals surface area contributed by atoms with Gasteiger partial charge in [0.2, 0.25) is 10.0 Å². The molecule has 8 heteroatoms. The average molecular weight is 377 g/mol. The second kappa shape index (κ2) is 7.67. The van der Waals surface area contributed by atoms with E-state index in [0.29, 0.717) is 18.0 Å². The van der Waals surface area contributed by atoms with Gasteiger partial charge in [0, 0.05) is 13.1 Å². The number of carboxylic acids is 2. The monoisotopic (exact) mass is 377 g/mol. The van der Waals surface area contributed by atoms with E-state index in [2.05, 4.69) is 0 Å².